The van der Waals surface area contributed by atoms with Gasteiger partial charge in [0.05, 0.1) is 17.7 Å². The summed E-state index contributed by atoms with van der Waals surface area (Å²) in [5, 5.41) is 7.72. The molecule has 5 nitrogen and oxygen atoms in total. The van der Waals surface area contributed by atoms with E-state index in [0.717, 1.165) is 5.56 Å². The van der Waals surface area contributed by atoms with Crippen molar-refractivity contribution < 1.29 is 19.5 Å². The van der Waals surface area contributed by atoms with Crippen molar-refractivity contribution in [1.82, 2.24) is 4.90 Å². The second kappa shape index (κ2) is 4.01. The van der Waals surface area contributed by atoms with Crippen molar-refractivity contribution in [3.05, 3.63) is 34.9 Å². The van der Waals surface area contributed by atoms with Crippen molar-refractivity contribution in [3.8, 4) is 0 Å². The number of benzene rings is 1. The van der Waals surface area contributed by atoms with E-state index in [1.807, 2.05) is 6.07 Å². The molecule has 0 unspecified atom stereocenters. The number of carbonyl (C=O) groups excluding carboxylic acids is 2. The molecule has 0 saturated heterocycles. The summed E-state index contributed by atoms with van der Waals surface area (Å²) in [6.45, 7) is 2.05. The van der Waals surface area contributed by atoms with Gasteiger partial charge in [-0.25, -0.2) is 0 Å². The monoisotopic (exact) mass is 233 g/mol. The molecule has 0 spiro atoms. The maximum atomic E-state index is 11.4. The number of carbonyl (C=O) groups is 3. The lowest BCUT2D eigenvalue weighted by Crippen LogP contribution is -2.30. The zero-order valence-corrected chi connectivity index (χ0v) is 9.27. The third-order valence-electron chi connectivity index (χ3n) is 2.68. The molecule has 0 saturated carbocycles. The molecule has 0 fully saturated rings. The topological polar surface area (TPSA) is 74.7 Å². The molecule has 0 radical (unpaired) electrons. The first-order valence-electron chi connectivity index (χ1n) is 5.25. The van der Waals surface area contributed by atoms with Crippen LogP contribution in [-0.2, 0) is 11.3 Å². The van der Waals surface area contributed by atoms with E-state index in [-0.39, 0.29) is 18.2 Å². The molecule has 5 heteroatoms. The molecular formula is C12H11NO4. The average molecular weight is 233 g/mol. The molecular weight excluding hydrogens is 222 g/mol. The van der Waals surface area contributed by atoms with Crippen molar-refractivity contribution in [2.45, 2.75) is 19.9 Å². The van der Waals surface area contributed by atoms with Crippen LogP contribution in [0.1, 0.15) is 39.6 Å². The first-order valence-corrected chi connectivity index (χ1v) is 5.25. The molecule has 1 aromatic rings. The summed E-state index contributed by atoms with van der Waals surface area (Å²) >= 11 is 0. The number of carboxylic acids is 1. The zero-order chi connectivity index (χ0) is 12.6. The van der Waals surface area contributed by atoms with Gasteiger partial charge in [-0.3, -0.25) is 19.3 Å². The third kappa shape index (κ3) is 1.80. The van der Waals surface area contributed by atoms with Crippen molar-refractivity contribution in [3.63, 3.8) is 0 Å². The van der Waals surface area contributed by atoms with E-state index in [2.05, 4.69) is 0 Å². The van der Waals surface area contributed by atoms with Crippen molar-refractivity contribution in [2.75, 3.05) is 0 Å². The van der Waals surface area contributed by atoms with Crippen LogP contribution in [0.3, 0.4) is 0 Å². The van der Waals surface area contributed by atoms with E-state index in [0.29, 0.717) is 17.7 Å². The van der Waals surface area contributed by atoms with Crippen molar-refractivity contribution in [2.24, 2.45) is 0 Å². The van der Waals surface area contributed by atoms with Gasteiger partial charge in [0.25, 0.3) is 11.8 Å². The van der Waals surface area contributed by atoms with Crippen LogP contribution < -0.4 is 0 Å². The van der Waals surface area contributed by atoms with E-state index < -0.39 is 5.97 Å². The number of fused-ring (bicyclic) bond motifs is 2. The normalized spacial score (nSPS) is 14.8. The average Bonchev–Trinajstić information content (AvgIpc) is 2.49. The van der Waals surface area contributed by atoms with E-state index in [4.69, 9.17) is 5.11 Å². The second-order valence-electron chi connectivity index (χ2n) is 3.82. The number of hydrogen-bond donors (Lipinski definition) is 1. The predicted octanol–water partition coefficient (Wildman–Crippen LogP) is 1.28. The second-order valence-corrected chi connectivity index (χ2v) is 3.82. The Morgan fingerprint density at radius 2 is 1.88 bits per heavy atom. The molecule has 3 rings (SSSR count). The number of imide groups is 1. The van der Waals surface area contributed by atoms with Gasteiger partial charge in [-0.2, -0.15) is 0 Å². The lowest BCUT2D eigenvalue weighted by Gasteiger charge is -2.15. The van der Waals surface area contributed by atoms with Gasteiger partial charge in [0.2, 0.25) is 0 Å². The Labute approximate surface area is 97.7 Å². The zero-order valence-electron chi connectivity index (χ0n) is 9.27. The minimum Gasteiger partial charge on any atom is -0.481 e. The van der Waals surface area contributed by atoms with Crippen LogP contribution in [0.25, 0.3) is 0 Å². The van der Waals surface area contributed by atoms with Crippen molar-refractivity contribution >= 4 is 17.8 Å². The minimum atomic E-state index is -0.745. The molecule has 17 heavy (non-hydrogen) atoms. The molecule has 88 valence electrons. The number of nitrogens with zero attached hydrogens (tertiary/aromatic N) is 1. The highest BCUT2D eigenvalue weighted by molar-refractivity contribution is 6.22. The fourth-order valence-electron chi connectivity index (χ4n) is 1.76. The Kier molecular flexibility index (Phi) is 2.67. The van der Waals surface area contributed by atoms with E-state index >= 15 is 0 Å². The molecule has 2 amide bonds. The van der Waals surface area contributed by atoms with E-state index in [1.165, 1.54) is 4.90 Å². The van der Waals surface area contributed by atoms with Crippen LogP contribution >= 0.6 is 0 Å². The van der Waals surface area contributed by atoms with Gasteiger partial charge in [0.15, 0.2) is 0 Å². The largest absolute Gasteiger partial charge is 0.481 e. The quantitative estimate of drug-likeness (QED) is 0.741. The molecule has 1 aromatic carbocycles. The smallest absolute Gasteiger partial charge is 0.303 e. The summed E-state index contributed by atoms with van der Waals surface area (Å²) < 4.78 is 0. The van der Waals surface area contributed by atoms with Crippen LogP contribution in [0.15, 0.2) is 18.2 Å². The SMILES string of the molecule is CCC(=O)O.O=C1c2ccc3cc2C(=O)N1C3. The summed E-state index contributed by atoms with van der Waals surface area (Å²) in [5.74, 6) is -1.02. The Hall–Kier alpha value is -2.17. The fourth-order valence-corrected chi connectivity index (χ4v) is 1.76. The summed E-state index contributed by atoms with van der Waals surface area (Å²) in [4.78, 5) is 33.4. The number of carboxylic acid groups (broad SMARTS) is 1. The first-order chi connectivity index (χ1) is 8.04. The number of aliphatic carboxylic acids is 1. The predicted molar refractivity (Wildman–Crippen MR) is 58.6 cm³/mol. The number of amides is 2. The summed E-state index contributed by atoms with van der Waals surface area (Å²) in [6.07, 6.45) is 0.222. The molecule has 0 atom stereocenters. The Balaban J connectivity index is 0.000000188. The van der Waals surface area contributed by atoms with E-state index in [1.54, 1.807) is 19.1 Å². The maximum absolute atomic E-state index is 11.4. The Bertz CT molecular complexity index is 513. The summed E-state index contributed by atoms with van der Waals surface area (Å²) in [6, 6.07) is 5.43. The first kappa shape index (κ1) is 11.3. The van der Waals surface area contributed by atoms with Gasteiger partial charge < -0.3 is 5.11 Å². The van der Waals surface area contributed by atoms with Crippen LogP contribution in [0.5, 0.6) is 0 Å². The van der Waals surface area contributed by atoms with Gasteiger partial charge in [0, 0.05) is 6.42 Å². The number of hydrogen-bond acceptors (Lipinski definition) is 3. The van der Waals surface area contributed by atoms with Crippen LogP contribution in [0, 0.1) is 0 Å². The van der Waals surface area contributed by atoms with Crippen molar-refractivity contribution in [1.29, 1.82) is 0 Å². The van der Waals surface area contributed by atoms with Gasteiger partial charge in [-0.05, 0) is 17.7 Å². The van der Waals surface area contributed by atoms with E-state index in [9.17, 15) is 14.4 Å². The minimum absolute atomic E-state index is 0.136. The molecule has 3 bridgehead atoms. The summed E-state index contributed by atoms with van der Waals surface area (Å²) in [5.41, 5.74) is 2.17. The Morgan fingerprint density at radius 3 is 2.47 bits per heavy atom. The van der Waals surface area contributed by atoms with Gasteiger partial charge >= 0.3 is 5.97 Å². The van der Waals surface area contributed by atoms with Crippen LogP contribution in [0.4, 0.5) is 0 Å². The third-order valence-corrected chi connectivity index (χ3v) is 2.68. The van der Waals surface area contributed by atoms with Crippen LogP contribution in [-0.4, -0.2) is 27.8 Å². The molecule has 0 aliphatic carbocycles. The lowest BCUT2D eigenvalue weighted by molar-refractivity contribution is -0.136. The van der Waals surface area contributed by atoms with Gasteiger partial charge in [-0.15, -0.1) is 0 Å². The van der Waals surface area contributed by atoms with Gasteiger partial charge in [0.1, 0.15) is 0 Å². The molecule has 1 N–H and O–H groups in total. The highest BCUT2D eigenvalue weighted by Gasteiger charge is 2.38. The molecule has 2 aliphatic rings. The lowest BCUT2D eigenvalue weighted by atomic mass is 10.1. The summed E-state index contributed by atoms with van der Waals surface area (Å²) in [7, 11) is 0. The Morgan fingerprint density at radius 1 is 1.29 bits per heavy atom. The molecule has 2 heterocycles. The number of rotatable bonds is 1. The fraction of sp³-hybridized carbons (Fsp3) is 0.250. The van der Waals surface area contributed by atoms with Crippen LogP contribution in [0.2, 0.25) is 0 Å². The molecule has 2 aliphatic heterocycles. The molecule has 0 aromatic heterocycles. The van der Waals surface area contributed by atoms with Gasteiger partial charge in [-0.1, -0.05) is 13.0 Å². The highest BCUT2D eigenvalue weighted by Crippen LogP contribution is 2.30. The maximum Gasteiger partial charge on any atom is 0.303 e. The standard InChI is InChI=1S/C9H5NO2.C3H6O2/c11-8-6-2-1-5-3-7(6)9(12)10(8)4-5;1-2-3(4)5/h1-3H,4H2;2H2,1H3,(H,4,5). The highest BCUT2D eigenvalue weighted by atomic mass is 16.4.